The van der Waals surface area contributed by atoms with Crippen LogP contribution in [-0.4, -0.2) is 24.2 Å². The minimum atomic E-state index is -3.65. The molecule has 3 rings (SSSR count). The maximum atomic E-state index is 13.6. The van der Waals surface area contributed by atoms with Crippen LogP contribution in [0.3, 0.4) is 0 Å². The van der Waals surface area contributed by atoms with Crippen molar-refractivity contribution in [3.63, 3.8) is 0 Å². The molecule has 0 aliphatic heterocycles. The van der Waals surface area contributed by atoms with Crippen molar-refractivity contribution in [3.05, 3.63) is 64.5 Å². The van der Waals surface area contributed by atoms with Gasteiger partial charge in [-0.15, -0.1) is 0 Å². The topological polar surface area (TPSA) is 95.1 Å². The van der Waals surface area contributed by atoms with Crippen LogP contribution < -0.4 is 11.3 Å². The summed E-state index contributed by atoms with van der Waals surface area (Å²) >= 11 is 0. The van der Waals surface area contributed by atoms with Crippen LogP contribution in [0, 0.1) is 5.82 Å². The lowest BCUT2D eigenvalue weighted by molar-refractivity contribution is 0.602. The standard InChI is InChI=1S/C17H16FN3O3S/c1-10(19)16-20-13-7-4-8-14(25(2,23)24)15(13)17(22)21(16)12-6-3-5-11(18)9-12/h3-10H,19H2,1-2H3/t10-/m0/s1. The van der Waals surface area contributed by atoms with Gasteiger partial charge in [0.1, 0.15) is 11.6 Å². The summed E-state index contributed by atoms with van der Waals surface area (Å²) in [7, 11) is -3.65. The predicted octanol–water partition coefficient (Wildman–Crippen LogP) is 1.95. The third-order valence-electron chi connectivity index (χ3n) is 3.76. The number of nitrogens with zero attached hydrogens (tertiary/aromatic N) is 2. The van der Waals surface area contributed by atoms with Gasteiger partial charge in [0.2, 0.25) is 0 Å². The molecule has 130 valence electrons. The van der Waals surface area contributed by atoms with Crippen LogP contribution in [0.1, 0.15) is 18.8 Å². The first-order chi connectivity index (χ1) is 11.7. The summed E-state index contributed by atoms with van der Waals surface area (Å²) in [6, 6.07) is 9.20. The quantitative estimate of drug-likeness (QED) is 0.769. The number of aromatic nitrogens is 2. The second-order valence-corrected chi connectivity index (χ2v) is 7.79. The molecule has 0 spiro atoms. The Labute approximate surface area is 143 Å². The molecule has 0 saturated heterocycles. The third kappa shape index (κ3) is 3.06. The fraction of sp³-hybridized carbons (Fsp3) is 0.176. The highest BCUT2D eigenvalue weighted by Gasteiger charge is 2.21. The van der Waals surface area contributed by atoms with Crippen LogP contribution >= 0.6 is 0 Å². The van der Waals surface area contributed by atoms with Gasteiger partial charge < -0.3 is 5.73 Å². The van der Waals surface area contributed by atoms with Gasteiger partial charge in [-0.1, -0.05) is 12.1 Å². The molecule has 2 N–H and O–H groups in total. The highest BCUT2D eigenvalue weighted by Crippen LogP contribution is 2.22. The zero-order valence-electron chi connectivity index (χ0n) is 13.6. The summed E-state index contributed by atoms with van der Waals surface area (Å²) in [5.41, 5.74) is 5.79. The van der Waals surface area contributed by atoms with E-state index in [1.807, 2.05) is 0 Å². The minimum Gasteiger partial charge on any atom is -0.322 e. The van der Waals surface area contributed by atoms with E-state index in [0.717, 1.165) is 10.8 Å². The van der Waals surface area contributed by atoms with Gasteiger partial charge in [-0.25, -0.2) is 17.8 Å². The van der Waals surface area contributed by atoms with Crippen molar-refractivity contribution in [2.24, 2.45) is 5.73 Å². The fourth-order valence-electron chi connectivity index (χ4n) is 2.70. The second-order valence-electron chi connectivity index (χ2n) is 5.80. The Kier molecular flexibility index (Phi) is 4.18. The molecule has 0 aliphatic carbocycles. The fourth-order valence-corrected chi connectivity index (χ4v) is 3.58. The van der Waals surface area contributed by atoms with Gasteiger partial charge in [0, 0.05) is 6.26 Å². The zero-order valence-corrected chi connectivity index (χ0v) is 14.4. The number of hydrogen-bond donors (Lipinski definition) is 1. The molecular formula is C17H16FN3O3S. The highest BCUT2D eigenvalue weighted by atomic mass is 32.2. The highest BCUT2D eigenvalue weighted by molar-refractivity contribution is 7.91. The van der Waals surface area contributed by atoms with E-state index >= 15 is 0 Å². The van der Waals surface area contributed by atoms with Gasteiger partial charge in [-0.3, -0.25) is 9.36 Å². The molecule has 6 nitrogen and oxygen atoms in total. The molecular weight excluding hydrogens is 345 g/mol. The molecule has 0 unspecified atom stereocenters. The van der Waals surface area contributed by atoms with E-state index in [-0.39, 0.29) is 27.3 Å². The van der Waals surface area contributed by atoms with Gasteiger partial charge in [-0.05, 0) is 37.3 Å². The van der Waals surface area contributed by atoms with Crippen molar-refractivity contribution in [1.82, 2.24) is 9.55 Å². The van der Waals surface area contributed by atoms with Crippen molar-refractivity contribution in [2.75, 3.05) is 6.26 Å². The Morgan fingerprint density at radius 2 is 1.88 bits per heavy atom. The number of nitrogens with two attached hydrogens (primary N) is 1. The largest absolute Gasteiger partial charge is 0.322 e. The van der Waals surface area contributed by atoms with Crippen LogP contribution in [0.15, 0.2) is 52.2 Å². The number of benzene rings is 2. The molecule has 0 saturated carbocycles. The first-order valence-corrected chi connectivity index (χ1v) is 9.36. The number of sulfone groups is 1. The van der Waals surface area contributed by atoms with Gasteiger partial charge in [0.25, 0.3) is 5.56 Å². The maximum absolute atomic E-state index is 13.6. The lowest BCUT2D eigenvalue weighted by Crippen LogP contribution is -2.28. The summed E-state index contributed by atoms with van der Waals surface area (Å²) in [6.45, 7) is 1.64. The minimum absolute atomic E-state index is 0.0429. The summed E-state index contributed by atoms with van der Waals surface area (Å²) in [5.74, 6) is -0.315. The average Bonchev–Trinajstić information content (AvgIpc) is 2.53. The molecule has 1 atom stereocenters. The van der Waals surface area contributed by atoms with Gasteiger partial charge in [0.15, 0.2) is 9.84 Å². The Morgan fingerprint density at radius 1 is 1.20 bits per heavy atom. The van der Waals surface area contributed by atoms with Gasteiger partial charge in [-0.2, -0.15) is 0 Å². The van der Waals surface area contributed by atoms with E-state index in [9.17, 15) is 17.6 Å². The lowest BCUT2D eigenvalue weighted by Gasteiger charge is -2.17. The van der Waals surface area contributed by atoms with Crippen LogP contribution in [0.2, 0.25) is 0 Å². The average molecular weight is 361 g/mol. The number of hydrogen-bond acceptors (Lipinski definition) is 5. The Bertz CT molecular complexity index is 1140. The normalized spacial score (nSPS) is 13.1. The predicted molar refractivity (Wildman–Crippen MR) is 93.0 cm³/mol. The molecule has 8 heteroatoms. The van der Waals surface area contributed by atoms with E-state index in [1.165, 1.54) is 36.4 Å². The first kappa shape index (κ1) is 17.2. The summed E-state index contributed by atoms with van der Waals surface area (Å²) in [4.78, 5) is 17.4. The second kappa shape index (κ2) is 6.05. The third-order valence-corrected chi connectivity index (χ3v) is 4.90. The van der Waals surface area contributed by atoms with Crippen molar-refractivity contribution < 1.29 is 12.8 Å². The van der Waals surface area contributed by atoms with Crippen molar-refractivity contribution in [2.45, 2.75) is 17.9 Å². The summed E-state index contributed by atoms with van der Waals surface area (Å²) < 4.78 is 38.9. The number of fused-ring (bicyclic) bond motifs is 1. The Balaban J connectivity index is 2.53. The van der Waals surface area contributed by atoms with Gasteiger partial charge in [0.05, 0.1) is 27.5 Å². The Morgan fingerprint density at radius 3 is 2.48 bits per heavy atom. The molecule has 1 heterocycles. The SMILES string of the molecule is C[C@H](N)c1nc2cccc(S(C)(=O)=O)c2c(=O)n1-c1cccc(F)c1. The molecule has 0 bridgehead atoms. The van der Waals surface area contributed by atoms with Crippen LogP contribution in [0.25, 0.3) is 16.6 Å². The van der Waals surface area contributed by atoms with Gasteiger partial charge >= 0.3 is 0 Å². The summed E-state index contributed by atoms with van der Waals surface area (Å²) in [5, 5.41) is -0.0429. The van der Waals surface area contributed by atoms with Crippen molar-refractivity contribution >= 4 is 20.7 Å². The number of halogens is 1. The molecule has 1 aromatic heterocycles. The molecule has 0 aliphatic rings. The molecule has 2 aromatic carbocycles. The van der Waals surface area contributed by atoms with Crippen LogP contribution in [0.5, 0.6) is 0 Å². The number of rotatable bonds is 3. The van der Waals surface area contributed by atoms with Crippen molar-refractivity contribution in [1.29, 1.82) is 0 Å². The zero-order chi connectivity index (χ0) is 18.4. The molecule has 0 amide bonds. The van der Waals surface area contributed by atoms with E-state index in [2.05, 4.69) is 4.98 Å². The van der Waals surface area contributed by atoms with Crippen LogP contribution in [-0.2, 0) is 9.84 Å². The van der Waals surface area contributed by atoms with E-state index in [4.69, 9.17) is 5.73 Å². The monoisotopic (exact) mass is 361 g/mol. The smallest absolute Gasteiger partial charge is 0.267 e. The molecule has 0 radical (unpaired) electrons. The van der Waals surface area contributed by atoms with Crippen molar-refractivity contribution in [3.8, 4) is 5.69 Å². The van der Waals surface area contributed by atoms with E-state index in [0.29, 0.717) is 0 Å². The Hall–Kier alpha value is -2.58. The van der Waals surface area contributed by atoms with E-state index < -0.39 is 27.3 Å². The maximum Gasteiger partial charge on any atom is 0.267 e. The molecule has 0 fully saturated rings. The molecule has 25 heavy (non-hydrogen) atoms. The molecule has 3 aromatic rings. The first-order valence-electron chi connectivity index (χ1n) is 7.47. The van der Waals surface area contributed by atoms with Crippen LogP contribution in [0.4, 0.5) is 4.39 Å². The lowest BCUT2D eigenvalue weighted by atomic mass is 10.2. The summed E-state index contributed by atoms with van der Waals surface area (Å²) in [6.07, 6.45) is 1.02. The van der Waals surface area contributed by atoms with E-state index in [1.54, 1.807) is 13.0 Å².